The standard InChI is InChI=1S/C21H19ClN6O/c1-26-19(16(22)11-23-26)10-18-14-5-3-4-6-15(14)21(29)28(18)12-13-7-8-17-20(9-13)27(2)25-24-17/h3-9,11,18H,10,12H2,1-2H3. The predicted octanol–water partition coefficient (Wildman–Crippen LogP) is 3.30. The summed E-state index contributed by atoms with van der Waals surface area (Å²) in [7, 11) is 3.74. The molecule has 1 aliphatic heterocycles. The van der Waals surface area contributed by atoms with Crippen molar-refractivity contribution in [3.05, 3.63) is 76.1 Å². The molecule has 146 valence electrons. The molecule has 0 saturated carbocycles. The number of nitrogens with zero attached hydrogens (tertiary/aromatic N) is 6. The summed E-state index contributed by atoms with van der Waals surface area (Å²) in [6.45, 7) is 0.495. The average Bonchev–Trinajstić information content (AvgIpc) is 3.34. The van der Waals surface area contributed by atoms with E-state index in [-0.39, 0.29) is 11.9 Å². The Morgan fingerprint density at radius 1 is 1.10 bits per heavy atom. The summed E-state index contributed by atoms with van der Waals surface area (Å²) in [5.74, 6) is 0.0344. The lowest BCUT2D eigenvalue weighted by Crippen LogP contribution is -2.29. The van der Waals surface area contributed by atoms with E-state index in [0.717, 1.165) is 33.4 Å². The zero-order chi connectivity index (χ0) is 20.1. The molecule has 1 unspecified atom stereocenters. The molecule has 7 nitrogen and oxygen atoms in total. The largest absolute Gasteiger partial charge is 0.327 e. The summed E-state index contributed by atoms with van der Waals surface area (Å²) in [6, 6.07) is 13.7. The molecule has 0 spiro atoms. The van der Waals surface area contributed by atoms with Gasteiger partial charge < -0.3 is 4.90 Å². The molecule has 2 aromatic heterocycles. The Kier molecular flexibility index (Phi) is 4.13. The first-order chi connectivity index (χ1) is 14.0. The third kappa shape index (κ3) is 2.89. The second-order valence-corrected chi connectivity index (χ2v) is 7.75. The Bertz CT molecular complexity index is 1220. The summed E-state index contributed by atoms with van der Waals surface area (Å²) >= 11 is 6.36. The van der Waals surface area contributed by atoms with Crippen molar-refractivity contribution in [1.29, 1.82) is 0 Å². The van der Waals surface area contributed by atoms with Crippen molar-refractivity contribution < 1.29 is 4.79 Å². The zero-order valence-corrected chi connectivity index (χ0v) is 16.8. The molecule has 0 aliphatic carbocycles. The third-order valence-corrected chi connectivity index (χ3v) is 5.93. The number of hydrogen-bond acceptors (Lipinski definition) is 4. The van der Waals surface area contributed by atoms with E-state index in [0.29, 0.717) is 18.0 Å². The molecule has 2 aromatic carbocycles. The van der Waals surface area contributed by atoms with Crippen LogP contribution in [0.3, 0.4) is 0 Å². The molecule has 0 saturated heterocycles. The molecule has 29 heavy (non-hydrogen) atoms. The molecule has 0 radical (unpaired) electrons. The molecule has 1 aliphatic rings. The lowest BCUT2D eigenvalue weighted by atomic mass is 10.0. The first kappa shape index (κ1) is 17.9. The van der Waals surface area contributed by atoms with Gasteiger partial charge in [0.1, 0.15) is 5.52 Å². The number of rotatable bonds is 4. The van der Waals surface area contributed by atoms with E-state index in [1.54, 1.807) is 15.6 Å². The number of halogens is 1. The molecule has 0 N–H and O–H groups in total. The van der Waals surface area contributed by atoms with Gasteiger partial charge in [0.15, 0.2) is 0 Å². The molecule has 0 bridgehead atoms. The van der Waals surface area contributed by atoms with Gasteiger partial charge in [0, 0.05) is 32.6 Å². The van der Waals surface area contributed by atoms with Crippen LogP contribution in [0.25, 0.3) is 11.0 Å². The number of benzene rings is 2. The van der Waals surface area contributed by atoms with Crippen molar-refractivity contribution in [2.75, 3.05) is 0 Å². The fourth-order valence-corrected chi connectivity index (χ4v) is 4.31. The van der Waals surface area contributed by atoms with E-state index in [1.165, 1.54) is 0 Å². The molecular weight excluding hydrogens is 388 g/mol. The Balaban J connectivity index is 1.54. The number of amides is 1. The maximum Gasteiger partial charge on any atom is 0.255 e. The lowest BCUT2D eigenvalue weighted by molar-refractivity contribution is 0.0708. The quantitative estimate of drug-likeness (QED) is 0.521. The van der Waals surface area contributed by atoms with Crippen LogP contribution >= 0.6 is 11.6 Å². The summed E-state index contributed by atoms with van der Waals surface area (Å²) in [5.41, 5.74) is 5.50. The minimum absolute atomic E-state index is 0.0344. The molecular formula is C21H19ClN6O. The van der Waals surface area contributed by atoms with Crippen molar-refractivity contribution in [1.82, 2.24) is 29.7 Å². The Morgan fingerprint density at radius 2 is 1.93 bits per heavy atom. The van der Waals surface area contributed by atoms with E-state index < -0.39 is 0 Å². The van der Waals surface area contributed by atoms with Crippen LogP contribution in [-0.4, -0.2) is 35.6 Å². The lowest BCUT2D eigenvalue weighted by Gasteiger charge is -2.26. The normalized spacial score (nSPS) is 16.0. The van der Waals surface area contributed by atoms with Crippen LogP contribution in [0, 0.1) is 0 Å². The molecule has 1 atom stereocenters. The van der Waals surface area contributed by atoms with Crippen LogP contribution in [0.5, 0.6) is 0 Å². The van der Waals surface area contributed by atoms with Crippen molar-refractivity contribution in [2.24, 2.45) is 14.1 Å². The van der Waals surface area contributed by atoms with Gasteiger partial charge >= 0.3 is 0 Å². The molecule has 5 rings (SSSR count). The third-order valence-electron chi connectivity index (χ3n) is 5.61. The Labute approximate surface area is 172 Å². The minimum Gasteiger partial charge on any atom is -0.327 e. The van der Waals surface area contributed by atoms with E-state index in [4.69, 9.17) is 11.6 Å². The maximum absolute atomic E-state index is 13.2. The van der Waals surface area contributed by atoms with Crippen LogP contribution in [-0.2, 0) is 27.1 Å². The fourth-order valence-electron chi connectivity index (χ4n) is 4.07. The second kappa shape index (κ2) is 6.70. The van der Waals surface area contributed by atoms with Crippen LogP contribution in [0.2, 0.25) is 5.02 Å². The van der Waals surface area contributed by atoms with Gasteiger partial charge in [-0.2, -0.15) is 5.10 Å². The van der Waals surface area contributed by atoms with Crippen LogP contribution in [0.4, 0.5) is 0 Å². The summed E-state index contributed by atoms with van der Waals surface area (Å²) in [5, 5.41) is 13.1. The van der Waals surface area contributed by atoms with Gasteiger partial charge in [-0.15, -0.1) is 5.10 Å². The molecule has 1 amide bonds. The molecule has 8 heteroatoms. The highest BCUT2D eigenvalue weighted by Crippen LogP contribution is 2.38. The number of fused-ring (bicyclic) bond motifs is 2. The SMILES string of the molecule is Cn1ncc(Cl)c1CC1c2ccccc2C(=O)N1Cc1ccc2nnn(C)c2c1. The minimum atomic E-state index is -0.105. The van der Waals surface area contributed by atoms with Gasteiger partial charge in [0.25, 0.3) is 5.91 Å². The fraction of sp³-hybridized carbons (Fsp3) is 0.238. The van der Waals surface area contributed by atoms with Gasteiger partial charge in [-0.05, 0) is 29.3 Å². The van der Waals surface area contributed by atoms with Crippen LogP contribution < -0.4 is 0 Å². The van der Waals surface area contributed by atoms with Gasteiger partial charge in [0.05, 0.1) is 28.5 Å². The van der Waals surface area contributed by atoms with Crippen molar-refractivity contribution in [3.8, 4) is 0 Å². The van der Waals surface area contributed by atoms with Crippen molar-refractivity contribution >= 4 is 28.5 Å². The average molecular weight is 407 g/mol. The topological polar surface area (TPSA) is 68.8 Å². The molecule has 0 fully saturated rings. The number of aryl methyl sites for hydroxylation is 2. The van der Waals surface area contributed by atoms with E-state index in [1.807, 2.05) is 61.5 Å². The summed E-state index contributed by atoms with van der Waals surface area (Å²) in [6.07, 6.45) is 2.25. The van der Waals surface area contributed by atoms with E-state index in [9.17, 15) is 4.79 Å². The summed E-state index contributed by atoms with van der Waals surface area (Å²) in [4.78, 5) is 15.1. The van der Waals surface area contributed by atoms with Crippen LogP contribution in [0.1, 0.15) is 33.2 Å². The van der Waals surface area contributed by atoms with Gasteiger partial charge in [-0.3, -0.25) is 9.48 Å². The Morgan fingerprint density at radius 3 is 2.72 bits per heavy atom. The molecule has 4 aromatic rings. The highest BCUT2D eigenvalue weighted by Gasteiger charge is 2.37. The highest BCUT2D eigenvalue weighted by molar-refractivity contribution is 6.31. The summed E-state index contributed by atoms with van der Waals surface area (Å²) < 4.78 is 3.52. The highest BCUT2D eigenvalue weighted by atomic mass is 35.5. The van der Waals surface area contributed by atoms with Crippen molar-refractivity contribution in [3.63, 3.8) is 0 Å². The van der Waals surface area contributed by atoms with E-state index in [2.05, 4.69) is 15.4 Å². The zero-order valence-electron chi connectivity index (χ0n) is 16.1. The van der Waals surface area contributed by atoms with Gasteiger partial charge in [0.2, 0.25) is 0 Å². The van der Waals surface area contributed by atoms with Crippen LogP contribution in [0.15, 0.2) is 48.7 Å². The number of carbonyl (C=O) groups excluding carboxylic acids is 1. The van der Waals surface area contributed by atoms with Crippen molar-refractivity contribution in [2.45, 2.75) is 19.0 Å². The number of hydrogen-bond donors (Lipinski definition) is 0. The predicted molar refractivity (Wildman–Crippen MR) is 109 cm³/mol. The number of carbonyl (C=O) groups is 1. The molecule has 3 heterocycles. The number of aromatic nitrogens is 5. The Hall–Kier alpha value is -3.19. The second-order valence-electron chi connectivity index (χ2n) is 7.34. The van der Waals surface area contributed by atoms with Gasteiger partial charge in [-0.1, -0.05) is 41.1 Å². The first-order valence-electron chi connectivity index (χ1n) is 9.37. The van der Waals surface area contributed by atoms with E-state index >= 15 is 0 Å². The maximum atomic E-state index is 13.2. The first-order valence-corrected chi connectivity index (χ1v) is 9.75. The van der Waals surface area contributed by atoms with Gasteiger partial charge in [-0.25, -0.2) is 4.68 Å². The smallest absolute Gasteiger partial charge is 0.255 e. The monoisotopic (exact) mass is 406 g/mol.